The van der Waals surface area contributed by atoms with Crippen LogP contribution in [0.25, 0.3) is 0 Å². The second-order valence-corrected chi connectivity index (χ2v) is 10.8. The smallest absolute Gasteiger partial charge is 0.307 e. The standard InChI is InChI=1S/C29H36O2/c1-3-29(31-27(30)16-13-21-9-5-4-6-10-21)20-18-26-25-15-14-22-11-7-8-12-23(22)24(25)17-19-28(26,29)2/h1,4-10,22-26H,11-20H2,2H3/t22?,23-,24+,25+,26-,28-,29-/m0/s1. The third kappa shape index (κ3) is 3.45. The lowest BCUT2D eigenvalue weighted by Gasteiger charge is -2.56. The SMILES string of the molecule is C#C[C@]1(OC(=O)CCc2ccccc2)CC[C@H]2[C@@H]3CCC4CC=CC[C@@H]4[C@H]3CC[C@@]21C. The quantitative estimate of drug-likeness (QED) is 0.325. The Kier molecular flexibility index (Phi) is 5.49. The molecule has 4 aliphatic rings. The Morgan fingerprint density at radius 2 is 1.84 bits per heavy atom. The number of aryl methyl sites for hydroxylation is 1. The second-order valence-electron chi connectivity index (χ2n) is 10.8. The highest BCUT2D eigenvalue weighted by atomic mass is 16.6. The molecule has 3 saturated carbocycles. The number of carbonyl (C=O) groups is 1. The van der Waals surface area contributed by atoms with Crippen LogP contribution in [0.4, 0.5) is 0 Å². The van der Waals surface area contributed by atoms with Gasteiger partial charge >= 0.3 is 5.97 Å². The molecule has 1 aromatic carbocycles. The van der Waals surface area contributed by atoms with Crippen LogP contribution in [0.5, 0.6) is 0 Å². The number of esters is 1. The van der Waals surface area contributed by atoms with Gasteiger partial charge in [0.15, 0.2) is 5.60 Å². The van der Waals surface area contributed by atoms with Gasteiger partial charge in [0.2, 0.25) is 0 Å². The van der Waals surface area contributed by atoms with Crippen molar-refractivity contribution in [2.75, 3.05) is 0 Å². The lowest BCUT2D eigenvalue weighted by atomic mass is 9.49. The zero-order chi connectivity index (χ0) is 21.5. The first-order chi connectivity index (χ1) is 15.1. The monoisotopic (exact) mass is 416 g/mol. The number of benzene rings is 1. The topological polar surface area (TPSA) is 26.3 Å². The molecule has 0 radical (unpaired) electrons. The van der Waals surface area contributed by atoms with Gasteiger partial charge < -0.3 is 4.74 Å². The molecule has 5 rings (SSSR count). The molecule has 0 bridgehead atoms. The van der Waals surface area contributed by atoms with Crippen molar-refractivity contribution < 1.29 is 9.53 Å². The van der Waals surface area contributed by atoms with E-state index in [1.807, 2.05) is 18.2 Å². The molecule has 3 fully saturated rings. The lowest BCUT2D eigenvalue weighted by Crippen LogP contribution is -2.54. The van der Waals surface area contributed by atoms with E-state index in [0.29, 0.717) is 18.8 Å². The molecule has 164 valence electrons. The molecule has 1 unspecified atom stereocenters. The van der Waals surface area contributed by atoms with E-state index in [-0.39, 0.29) is 11.4 Å². The molecule has 0 spiro atoms. The van der Waals surface area contributed by atoms with Crippen molar-refractivity contribution in [3.8, 4) is 12.3 Å². The van der Waals surface area contributed by atoms with Crippen LogP contribution in [0, 0.1) is 47.3 Å². The zero-order valence-corrected chi connectivity index (χ0v) is 18.9. The van der Waals surface area contributed by atoms with E-state index in [9.17, 15) is 4.79 Å². The van der Waals surface area contributed by atoms with Gasteiger partial charge in [-0.3, -0.25) is 4.79 Å². The molecule has 0 heterocycles. The van der Waals surface area contributed by atoms with Crippen LogP contribution >= 0.6 is 0 Å². The number of fused-ring (bicyclic) bond motifs is 5. The van der Waals surface area contributed by atoms with Crippen molar-refractivity contribution in [2.24, 2.45) is 35.0 Å². The van der Waals surface area contributed by atoms with E-state index in [1.165, 1.54) is 37.7 Å². The maximum absolute atomic E-state index is 12.9. The van der Waals surface area contributed by atoms with Gasteiger partial charge in [0.05, 0.1) is 0 Å². The maximum atomic E-state index is 12.9. The minimum atomic E-state index is -0.722. The minimum absolute atomic E-state index is 0.0807. The number of allylic oxidation sites excluding steroid dienone is 2. The van der Waals surface area contributed by atoms with Crippen LogP contribution in [0.2, 0.25) is 0 Å². The van der Waals surface area contributed by atoms with Gasteiger partial charge in [-0.1, -0.05) is 55.3 Å². The predicted molar refractivity (Wildman–Crippen MR) is 124 cm³/mol. The van der Waals surface area contributed by atoms with Crippen molar-refractivity contribution in [1.29, 1.82) is 0 Å². The Morgan fingerprint density at radius 1 is 1.03 bits per heavy atom. The molecular weight excluding hydrogens is 380 g/mol. The molecule has 2 heteroatoms. The molecule has 4 aliphatic carbocycles. The summed E-state index contributed by atoms with van der Waals surface area (Å²) < 4.78 is 6.24. The molecule has 0 N–H and O–H groups in total. The highest BCUT2D eigenvalue weighted by molar-refractivity contribution is 5.71. The van der Waals surface area contributed by atoms with E-state index in [0.717, 1.165) is 42.9 Å². The summed E-state index contributed by atoms with van der Waals surface area (Å²) in [7, 11) is 0. The number of hydrogen-bond donors (Lipinski definition) is 0. The highest BCUT2D eigenvalue weighted by Crippen LogP contribution is 2.65. The number of carbonyl (C=O) groups excluding carboxylic acids is 1. The molecule has 0 amide bonds. The Balaban J connectivity index is 1.31. The maximum Gasteiger partial charge on any atom is 0.307 e. The van der Waals surface area contributed by atoms with Crippen LogP contribution < -0.4 is 0 Å². The van der Waals surface area contributed by atoms with Gasteiger partial charge in [-0.2, -0.15) is 0 Å². The molecule has 0 saturated heterocycles. The Bertz CT molecular complexity index is 880. The van der Waals surface area contributed by atoms with Crippen LogP contribution in [0.3, 0.4) is 0 Å². The van der Waals surface area contributed by atoms with Gasteiger partial charge in [-0.25, -0.2) is 0 Å². The van der Waals surface area contributed by atoms with Crippen LogP contribution in [0.1, 0.15) is 70.3 Å². The van der Waals surface area contributed by atoms with Gasteiger partial charge in [0.25, 0.3) is 0 Å². The average Bonchev–Trinajstić information content (AvgIpc) is 3.10. The fourth-order valence-electron chi connectivity index (χ4n) is 7.99. The van der Waals surface area contributed by atoms with Gasteiger partial charge in [-0.05, 0) is 92.9 Å². The summed E-state index contributed by atoms with van der Waals surface area (Å²) in [6, 6.07) is 10.2. The second kappa shape index (κ2) is 8.16. The van der Waals surface area contributed by atoms with Gasteiger partial charge in [-0.15, -0.1) is 6.42 Å². The van der Waals surface area contributed by atoms with Crippen molar-refractivity contribution in [1.82, 2.24) is 0 Å². The first-order valence-electron chi connectivity index (χ1n) is 12.4. The lowest BCUT2D eigenvalue weighted by molar-refractivity contribution is -0.171. The fraction of sp³-hybridized carbons (Fsp3) is 0.621. The summed E-state index contributed by atoms with van der Waals surface area (Å²) in [4.78, 5) is 12.9. The fourth-order valence-corrected chi connectivity index (χ4v) is 7.99. The molecule has 31 heavy (non-hydrogen) atoms. The molecule has 0 aliphatic heterocycles. The molecule has 7 atom stereocenters. The van der Waals surface area contributed by atoms with Gasteiger partial charge in [0.1, 0.15) is 0 Å². The van der Waals surface area contributed by atoms with E-state index >= 15 is 0 Å². The summed E-state index contributed by atoms with van der Waals surface area (Å²) in [6.45, 7) is 2.35. The van der Waals surface area contributed by atoms with E-state index in [2.05, 4.69) is 37.1 Å². The van der Waals surface area contributed by atoms with Crippen LogP contribution in [-0.2, 0) is 16.0 Å². The zero-order valence-electron chi connectivity index (χ0n) is 18.9. The average molecular weight is 417 g/mol. The Hall–Kier alpha value is -2.01. The Labute approximate surface area is 187 Å². The Morgan fingerprint density at radius 3 is 2.65 bits per heavy atom. The molecule has 1 aromatic rings. The highest BCUT2D eigenvalue weighted by Gasteiger charge is 2.64. The molecule has 2 nitrogen and oxygen atoms in total. The first-order valence-corrected chi connectivity index (χ1v) is 12.4. The van der Waals surface area contributed by atoms with Crippen molar-refractivity contribution in [3.63, 3.8) is 0 Å². The summed E-state index contributed by atoms with van der Waals surface area (Å²) in [5.74, 6) is 6.85. The number of terminal acetylenes is 1. The number of rotatable bonds is 4. The third-order valence-electron chi connectivity index (χ3n) is 9.63. The number of hydrogen-bond acceptors (Lipinski definition) is 2. The summed E-state index contributed by atoms with van der Waals surface area (Å²) in [5, 5.41) is 0. The third-order valence-corrected chi connectivity index (χ3v) is 9.63. The first kappa shape index (κ1) is 20.9. The largest absolute Gasteiger partial charge is 0.445 e. The molecule has 0 aromatic heterocycles. The predicted octanol–water partition coefficient (Wildman–Crippen LogP) is 6.35. The summed E-state index contributed by atoms with van der Waals surface area (Å²) in [6.07, 6.45) is 21.6. The summed E-state index contributed by atoms with van der Waals surface area (Å²) >= 11 is 0. The van der Waals surface area contributed by atoms with Crippen LogP contribution in [0.15, 0.2) is 42.5 Å². The van der Waals surface area contributed by atoms with E-state index in [4.69, 9.17) is 11.2 Å². The molecular formula is C29H36O2. The van der Waals surface area contributed by atoms with Crippen molar-refractivity contribution in [3.05, 3.63) is 48.0 Å². The van der Waals surface area contributed by atoms with Crippen LogP contribution in [-0.4, -0.2) is 11.6 Å². The van der Waals surface area contributed by atoms with Crippen molar-refractivity contribution in [2.45, 2.75) is 76.7 Å². The van der Waals surface area contributed by atoms with Gasteiger partial charge in [0, 0.05) is 11.8 Å². The number of ether oxygens (including phenoxy) is 1. The normalized spacial score (nSPS) is 40.8. The minimum Gasteiger partial charge on any atom is -0.445 e. The van der Waals surface area contributed by atoms with Crippen molar-refractivity contribution >= 4 is 5.97 Å². The van der Waals surface area contributed by atoms with E-state index in [1.54, 1.807) is 0 Å². The van der Waals surface area contributed by atoms with E-state index < -0.39 is 5.60 Å². The summed E-state index contributed by atoms with van der Waals surface area (Å²) in [5.41, 5.74) is 0.367.